The molecule has 5 nitrogen and oxygen atoms in total. The first-order valence-corrected chi connectivity index (χ1v) is 9.17. The molecule has 2 heterocycles. The molecule has 0 radical (unpaired) electrons. The summed E-state index contributed by atoms with van der Waals surface area (Å²) in [5, 5.41) is 2.25. The van der Waals surface area contributed by atoms with Gasteiger partial charge in [-0.2, -0.15) is 0 Å². The second kappa shape index (κ2) is 6.80. The van der Waals surface area contributed by atoms with Crippen LogP contribution in [0.4, 0.5) is 4.79 Å². The van der Waals surface area contributed by atoms with Crippen LogP contribution in [0.3, 0.4) is 0 Å². The first-order valence-electron chi connectivity index (χ1n) is 8.29. The summed E-state index contributed by atoms with van der Waals surface area (Å²) in [5.41, 5.74) is 3.38. The molecule has 2 aromatic carbocycles. The Morgan fingerprint density at radius 1 is 0.923 bits per heavy atom. The number of carbonyl (C=O) groups is 2. The molecule has 26 heavy (non-hydrogen) atoms. The second-order valence-electron chi connectivity index (χ2n) is 6.30. The number of nitrogens with one attached hydrogen (secondary N) is 2. The van der Waals surface area contributed by atoms with Gasteiger partial charge in [0.15, 0.2) is 0 Å². The Bertz CT molecular complexity index is 1060. The van der Waals surface area contributed by atoms with Crippen molar-refractivity contribution < 1.29 is 9.59 Å². The van der Waals surface area contributed by atoms with E-state index in [0.29, 0.717) is 5.56 Å². The van der Waals surface area contributed by atoms with Gasteiger partial charge in [0.2, 0.25) is 5.91 Å². The van der Waals surface area contributed by atoms with E-state index < -0.39 is 5.25 Å². The first-order chi connectivity index (χ1) is 12.6. The summed E-state index contributed by atoms with van der Waals surface area (Å²) in [7, 11) is 0. The average molecular weight is 364 g/mol. The Labute approximate surface area is 153 Å². The maximum absolute atomic E-state index is 12.4. The maximum atomic E-state index is 12.4. The van der Waals surface area contributed by atoms with E-state index >= 15 is 0 Å². The van der Waals surface area contributed by atoms with Gasteiger partial charge in [0.05, 0.1) is 5.25 Å². The zero-order valence-electron chi connectivity index (χ0n) is 13.8. The fourth-order valence-corrected chi connectivity index (χ4v) is 3.96. The molecule has 1 saturated heterocycles. The van der Waals surface area contributed by atoms with Crippen LogP contribution in [-0.4, -0.2) is 21.4 Å². The highest BCUT2D eigenvalue weighted by Gasteiger charge is 2.32. The fourth-order valence-electron chi connectivity index (χ4n) is 3.11. The Morgan fingerprint density at radius 3 is 2.46 bits per heavy atom. The van der Waals surface area contributed by atoms with Crippen molar-refractivity contribution in [3.05, 3.63) is 81.6 Å². The number of carbonyl (C=O) groups excluding carboxylic acids is 2. The quantitative estimate of drug-likeness (QED) is 0.746. The topological polar surface area (TPSA) is 79.0 Å². The summed E-state index contributed by atoms with van der Waals surface area (Å²) in [6, 6.07) is 17.9. The predicted molar refractivity (Wildman–Crippen MR) is 102 cm³/mol. The molecule has 1 aliphatic heterocycles. The van der Waals surface area contributed by atoms with E-state index in [0.717, 1.165) is 34.6 Å². The zero-order chi connectivity index (χ0) is 18.1. The van der Waals surface area contributed by atoms with Crippen LogP contribution < -0.4 is 10.9 Å². The molecular formula is C20H16N2O3S. The number of thioether (sulfide) groups is 1. The summed E-state index contributed by atoms with van der Waals surface area (Å²) in [5.74, 6) is -0.335. The smallest absolute Gasteiger partial charge is 0.286 e. The summed E-state index contributed by atoms with van der Waals surface area (Å²) in [6.45, 7) is 0. The molecule has 1 aromatic heterocycles. The molecule has 3 aromatic rings. The zero-order valence-corrected chi connectivity index (χ0v) is 14.6. The number of hydrogen-bond donors (Lipinski definition) is 2. The van der Waals surface area contributed by atoms with Gasteiger partial charge in [0.25, 0.3) is 10.8 Å². The van der Waals surface area contributed by atoms with Crippen molar-refractivity contribution in [1.29, 1.82) is 0 Å². The monoisotopic (exact) mass is 364 g/mol. The van der Waals surface area contributed by atoms with Crippen LogP contribution in [0.2, 0.25) is 0 Å². The van der Waals surface area contributed by atoms with E-state index in [9.17, 15) is 14.4 Å². The minimum atomic E-state index is -0.543. The van der Waals surface area contributed by atoms with Crippen LogP contribution in [0.1, 0.15) is 16.7 Å². The lowest BCUT2D eigenvalue weighted by molar-refractivity contribution is -0.118. The van der Waals surface area contributed by atoms with E-state index in [4.69, 9.17) is 0 Å². The molecule has 1 atom stereocenters. The van der Waals surface area contributed by atoms with Crippen LogP contribution in [0.15, 0.2) is 59.4 Å². The molecule has 4 rings (SSSR count). The molecule has 1 aliphatic rings. The van der Waals surface area contributed by atoms with E-state index in [2.05, 4.69) is 22.4 Å². The largest absolute Gasteiger partial charge is 0.322 e. The van der Waals surface area contributed by atoms with E-state index in [1.807, 2.05) is 36.4 Å². The number of benzene rings is 2. The Balaban J connectivity index is 1.61. The number of aromatic amines is 1. The van der Waals surface area contributed by atoms with E-state index in [-0.39, 0.29) is 23.1 Å². The van der Waals surface area contributed by atoms with Gasteiger partial charge in [-0.15, -0.1) is 0 Å². The molecule has 130 valence electrons. The van der Waals surface area contributed by atoms with Gasteiger partial charge in [-0.05, 0) is 41.5 Å². The molecule has 0 aliphatic carbocycles. The van der Waals surface area contributed by atoms with Crippen LogP contribution in [0.25, 0.3) is 10.9 Å². The van der Waals surface area contributed by atoms with Crippen molar-refractivity contribution >= 4 is 33.8 Å². The van der Waals surface area contributed by atoms with Crippen molar-refractivity contribution in [1.82, 2.24) is 10.3 Å². The van der Waals surface area contributed by atoms with Gasteiger partial charge >= 0.3 is 0 Å². The normalized spacial score (nSPS) is 16.8. The number of pyridine rings is 1. The van der Waals surface area contributed by atoms with Gasteiger partial charge in [-0.3, -0.25) is 19.7 Å². The van der Waals surface area contributed by atoms with Crippen LogP contribution >= 0.6 is 11.8 Å². The Kier molecular flexibility index (Phi) is 4.34. The Morgan fingerprint density at radius 2 is 1.73 bits per heavy atom. The maximum Gasteiger partial charge on any atom is 0.286 e. The molecule has 2 amide bonds. The third kappa shape index (κ3) is 3.41. The summed E-state index contributed by atoms with van der Waals surface area (Å²) >= 11 is 0.934. The molecule has 1 unspecified atom stereocenters. The second-order valence-corrected chi connectivity index (χ2v) is 7.47. The highest BCUT2D eigenvalue weighted by molar-refractivity contribution is 8.15. The van der Waals surface area contributed by atoms with Crippen molar-refractivity contribution in [2.75, 3.05) is 0 Å². The van der Waals surface area contributed by atoms with E-state index in [1.165, 1.54) is 5.56 Å². The SMILES string of the molecule is O=C1NC(=O)C(Cc2cc3ccc(Cc4ccccc4)cc3[nH]c2=O)S1. The number of amides is 2. The molecular weight excluding hydrogens is 348 g/mol. The number of hydrogen-bond acceptors (Lipinski definition) is 4. The summed E-state index contributed by atoms with van der Waals surface area (Å²) in [4.78, 5) is 38.3. The first kappa shape index (κ1) is 16.6. The third-order valence-corrected chi connectivity index (χ3v) is 5.39. The van der Waals surface area contributed by atoms with Crippen LogP contribution in [-0.2, 0) is 17.6 Å². The molecule has 0 spiro atoms. The number of rotatable bonds is 4. The highest BCUT2D eigenvalue weighted by Crippen LogP contribution is 2.23. The fraction of sp³-hybridized carbons (Fsp3) is 0.150. The lowest BCUT2D eigenvalue weighted by Crippen LogP contribution is -2.27. The third-order valence-electron chi connectivity index (χ3n) is 4.41. The Hall–Kier alpha value is -2.86. The van der Waals surface area contributed by atoms with Crippen LogP contribution in [0.5, 0.6) is 0 Å². The minimum Gasteiger partial charge on any atom is -0.322 e. The van der Waals surface area contributed by atoms with E-state index in [1.54, 1.807) is 6.07 Å². The molecule has 2 N–H and O–H groups in total. The number of fused-ring (bicyclic) bond motifs is 1. The number of H-pyrrole nitrogens is 1. The van der Waals surface area contributed by atoms with Crippen LogP contribution in [0, 0.1) is 0 Å². The summed E-state index contributed by atoms with van der Waals surface area (Å²) < 4.78 is 0. The van der Waals surface area contributed by atoms with Crippen molar-refractivity contribution in [3.8, 4) is 0 Å². The lowest BCUT2D eigenvalue weighted by atomic mass is 10.0. The highest BCUT2D eigenvalue weighted by atomic mass is 32.2. The molecule has 0 bridgehead atoms. The number of imide groups is 1. The van der Waals surface area contributed by atoms with Gasteiger partial charge in [0.1, 0.15) is 0 Å². The van der Waals surface area contributed by atoms with Gasteiger partial charge < -0.3 is 4.98 Å². The minimum absolute atomic E-state index is 0.220. The predicted octanol–water partition coefficient (Wildman–Crippen LogP) is 3.01. The average Bonchev–Trinajstić information content (AvgIpc) is 2.94. The standard InChI is InChI=1S/C20H16N2O3S/c23-18-15(11-17-19(24)22-20(25)26-17)10-14-7-6-13(9-16(14)21-18)8-12-4-2-1-3-5-12/h1-7,9-10,17H,8,11H2,(H,21,23)(H,22,24,25). The van der Waals surface area contributed by atoms with Crippen molar-refractivity contribution in [2.45, 2.75) is 18.1 Å². The molecule has 0 saturated carbocycles. The lowest BCUT2D eigenvalue weighted by Gasteiger charge is -2.08. The molecule has 6 heteroatoms. The number of aromatic nitrogens is 1. The summed E-state index contributed by atoms with van der Waals surface area (Å²) in [6.07, 6.45) is 1.03. The molecule has 1 fully saturated rings. The van der Waals surface area contributed by atoms with Gasteiger partial charge in [0, 0.05) is 11.1 Å². The van der Waals surface area contributed by atoms with Crippen molar-refractivity contribution in [3.63, 3.8) is 0 Å². The van der Waals surface area contributed by atoms with Gasteiger partial charge in [-0.1, -0.05) is 54.2 Å². The van der Waals surface area contributed by atoms with Gasteiger partial charge in [-0.25, -0.2) is 0 Å². The van der Waals surface area contributed by atoms with Crippen molar-refractivity contribution in [2.24, 2.45) is 0 Å².